The number of hydrogen-bond acceptors (Lipinski definition) is 2. The van der Waals surface area contributed by atoms with E-state index in [1.165, 1.54) is 37.8 Å². The second-order valence-electron chi connectivity index (χ2n) is 3.42. The fourth-order valence-corrected chi connectivity index (χ4v) is 1.01. The molecule has 0 radical (unpaired) electrons. The van der Waals surface area contributed by atoms with Gasteiger partial charge in [0, 0.05) is 12.3 Å². The van der Waals surface area contributed by atoms with Crippen LogP contribution in [0.2, 0.25) is 0 Å². The van der Waals surface area contributed by atoms with E-state index in [1.54, 1.807) is 0 Å². The number of unbranched alkanes of at least 4 members (excludes halogenated alkanes) is 2. The third-order valence-electron chi connectivity index (χ3n) is 1.67. The van der Waals surface area contributed by atoms with Crippen molar-refractivity contribution in [2.45, 2.75) is 40.0 Å². The van der Waals surface area contributed by atoms with Gasteiger partial charge in [-0.05, 0) is 13.3 Å². The Balaban J connectivity index is 0. The average molecular weight is 291 g/mol. The number of alkyl halides is 1. The van der Waals surface area contributed by atoms with Crippen LogP contribution < -0.4 is 0 Å². The quantitative estimate of drug-likeness (QED) is 0.316. The lowest BCUT2D eigenvalue weighted by molar-refractivity contribution is -0.139. The molecule has 16 heavy (non-hydrogen) atoms. The standard InChI is InChI=1S/C8H15Br.C5H8O2/c1-3-4-5-6-8(2)7-9;1-3-4-7-5(2)6/h6H,3-5,7H2,1-2H3;3H,1,4H2,2H3/b8-6+;. The van der Waals surface area contributed by atoms with Gasteiger partial charge in [-0.2, -0.15) is 0 Å². The highest BCUT2D eigenvalue weighted by molar-refractivity contribution is 9.09. The van der Waals surface area contributed by atoms with Gasteiger partial charge in [0.1, 0.15) is 6.61 Å². The Morgan fingerprint density at radius 1 is 1.44 bits per heavy atom. The van der Waals surface area contributed by atoms with Crippen LogP contribution in [0.5, 0.6) is 0 Å². The highest BCUT2D eigenvalue weighted by Gasteiger charge is 1.84. The largest absolute Gasteiger partial charge is 0.462 e. The average Bonchev–Trinajstić information content (AvgIpc) is 2.27. The Kier molecular flexibility index (Phi) is 16.1. The molecule has 0 bridgehead atoms. The molecule has 3 heteroatoms. The van der Waals surface area contributed by atoms with Crippen molar-refractivity contribution in [1.82, 2.24) is 0 Å². The van der Waals surface area contributed by atoms with E-state index < -0.39 is 0 Å². The van der Waals surface area contributed by atoms with Crippen LogP contribution in [0, 0.1) is 0 Å². The van der Waals surface area contributed by atoms with E-state index in [9.17, 15) is 4.79 Å². The first kappa shape index (κ1) is 17.8. The van der Waals surface area contributed by atoms with Gasteiger partial charge in [-0.3, -0.25) is 4.79 Å². The molecule has 0 aromatic rings. The number of allylic oxidation sites excluding steroid dienone is 2. The van der Waals surface area contributed by atoms with Gasteiger partial charge in [0.25, 0.3) is 0 Å². The van der Waals surface area contributed by atoms with Crippen LogP contribution in [-0.4, -0.2) is 17.9 Å². The molecule has 0 aromatic carbocycles. The Bertz CT molecular complexity index is 210. The lowest BCUT2D eigenvalue weighted by Crippen LogP contribution is -1.96. The first-order valence-electron chi connectivity index (χ1n) is 5.54. The molecular weight excluding hydrogens is 268 g/mol. The number of rotatable bonds is 6. The summed E-state index contributed by atoms with van der Waals surface area (Å²) in [7, 11) is 0. The minimum absolute atomic E-state index is 0.264. The van der Waals surface area contributed by atoms with Crippen LogP contribution in [-0.2, 0) is 9.53 Å². The minimum Gasteiger partial charge on any atom is -0.462 e. The van der Waals surface area contributed by atoms with Crippen LogP contribution in [0.15, 0.2) is 24.3 Å². The van der Waals surface area contributed by atoms with Crippen LogP contribution in [0.3, 0.4) is 0 Å². The van der Waals surface area contributed by atoms with Crippen molar-refractivity contribution in [3.8, 4) is 0 Å². The second-order valence-corrected chi connectivity index (χ2v) is 3.98. The summed E-state index contributed by atoms with van der Waals surface area (Å²) in [6.45, 7) is 9.41. The van der Waals surface area contributed by atoms with E-state index in [-0.39, 0.29) is 5.97 Å². The zero-order valence-electron chi connectivity index (χ0n) is 10.6. The van der Waals surface area contributed by atoms with E-state index in [1.807, 2.05) is 0 Å². The van der Waals surface area contributed by atoms with Gasteiger partial charge in [0.05, 0.1) is 0 Å². The summed E-state index contributed by atoms with van der Waals surface area (Å²) < 4.78 is 4.43. The summed E-state index contributed by atoms with van der Waals surface area (Å²) in [4.78, 5) is 9.93. The molecule has 0 aliphatic carbocycles. The molecule has 0 saturated carbocycles. The molecule has 0 heterocycles. The summed E-state index contributed by atoms with van der Waals surface area (Å²) >= 11 is 3.40. The monoisotopic (exact) mass is 290 g/mol. The van der Waals surface area contributed by atoms with Crippen molar-refractivity contribution in [1.29, 1.82) is 0 Å². The van der Waals surface area contributed by atoms with Crippen molar-refractivity contribution >= 4 is 21.9 Å². The minimum atomic E-state index is -0.264. The summed E-state index contributed by atoms with van der Waals surface area (Å²) in [6.07, 6.45) is 7.70. The predicted octanol–water partition coefficient (Wildman–Crippen LogP) is 4.25. The van der Waals surface area contributed by atoms with Gasteiger partial charge >= 0.3 is 5.97 Å². The molecule has 0 rings (SSSR count). The number of carbonyl (C=O) groups excluding carboxylic acids is 1. The number of ether oxygens (including phenoxy) is 1. The highest BCUT2D eigenvalue weighted by Crippen LogP contribution is 2.02. The SMILES string of the molecule is C=CCOC(C)=O.CCCC/C=C(\C)CBr. The number of esters is 1. The summed E-state index contributed by atoms with van der Waals surface area (Å²) in [5.74, 6) is -0.264. The smallest absolute Gasteiger partial charge is 0.302 e. The highest BCUT2D eigenvalue weighted by atomic mass is 79.9. The Morgan fingerprint density at radius 2 is 2.06 bits per heavy atom. The van der Waals surface area contributed by atoms with Gasteiger partial charge in [-0.1, -0.05) is 60.0 Å². The first-order chi connectivity index (χ1) is 7.58. The van der Waals surface area contributed by atoms with Crippen LogP contribution in [0.1, 0.15) is 40.0 Å². The lowest BCUT2D eigenvalue weighted by atomic mass is 10.2. The maximum atomic E-state index is 9.93. The summed E-state index contributed by atoms with van der Waals surface area (Å²) in [6, 6.07) is 0. The van der Waals surface area contributed by atoms with Gasteiger partial charge in [-0.15, -0.1) is 0 Å². The zero-order chi connectivity index (χ0) is 12.8. The fourth-order valence-electron chi connectivity index (χ4n) is 0.783. The molecule has 2 nitrogen and oxygen atoms in total. The van der Waals surface area contributed by atoms with Crippen molar-refractivity contribution < 1.29 is 9.53 Å². The molecule has 0 amide bonds. The third kappa shape index (κ3) is 19.1. The van der Waals surface area contributed by atoms with Gasteiger partial charge in [0.15, 0.2) is 0 Å². The van der Waals surface area contributed by atoms with E-state index in [4.69, 9.17) is 0 Å². The number of carbonyl (C=O) groups is 1. The van der Waals surface area contributed by atoms with Crippen molar-refractivity contribution in [2.75, 3.05) is 11.9 Å². The van der Waals surface area contributed by atoms with E-state index in [2.05, 4.69) is 47.2 Å². The van der Waals surface area contributed by atoms with Gasteiger partial charge < -0.3 is 4.74 Å². The normalized spacial score (nSPS) is 10.1. The number of halogens is 1. The maximum absolute atomic E-state index is 9.93. The Labute approximate surface area is 108 Å². The molecule has 0 aliphatic rings. The predicted molar refractivity (Wildman–Crippen MR) is 73.9 cm³/mol. The molecular formula is C13H23BrO2. The third-order valence-corrected chi connectivity index (χ3v) is 2.55. The van der Waals surface area contributed by atoms with Gasteiger partial charge in [0.2, 0.25) is 0 Å². The summed E-state index contributed by atoms with van der Waals surface area (Å²) in [5, 5.41) is 1.02. The molecule has 0 fully saturated rings. The molecule has 0 spiro atoms. The van der Waals surface area contributed by atoms with E-state index in [0.29, 0.717) is 6.61 Å². The molecule has 0 N–H and O–H groups in total. The lowest BCUT2D eigenvalue weighted by Gasteiger charge is -1.92. The van der Waals surface area contributed by atoms with E-state index >= 15 is 0 Å². The topological polar surface area (TPSA) is 26.3 Å². The van der Waals surface area contributed by atoms with Gasteiger partial charge in [-0.25, -0.2) is 0 Å². The maximum Gasteiger partial charge on any atom is 0.302 e. The van der Waals surface area contributed by atoms with Crippen molar-refractivity contribution in [2.24, 2.45) is 0 Å². The molecule has 94 valence electrons. The zero-order valence-corrected chi connectivity index (χ0v) is 12.2. The van der Waals surface area contributed by atoms with Crippen LogP contribution >= 0.6 is 15.9 Å². The van der Waals surface area contributed by atoms with Crippen molar-refractivity contribution in [3.63, 3.8) is 0 Å². The fraction of sp³-hybridized carbons (Fsp3) is 0.615. The first-order valence-corrected chi connectivity index (χ1v) is 6.66. The van der Waals surface area contributed by atoms with Crippen molar-refractivity contribution in [3.05, 3.63) is 24.3 Å². The number of hydrogen-bond donors (Lipinski definition) is 0. The molecule has 0 unspecified atom stereocenters. The molecule has 0 aromatic heterocycles. The van der Waals surface area contributed by atoms with Crippen LogP contribution in [0.25, 0.3) is 0 Å². The Morgan fingerprint density at radius 3 is 2.38 bits per heavy atom. The second kappa shape index (κ2) is 14.4. The molecule has 0 saturated heterocycles. The molecule has 0 atom stereocenters. The molecule has 0 aliphatic heterocycles. The summed E-state index contributed by atoms with van der Waals surface area (Å²) in [5.41, 5.74) is 1.45. The van der Waals surface area contributed by atoms with Crippen LogP contribution in [0.4, 0.5) is 0 Å². The Hall–Kier alpha value is -0.570. The van der Waals surface area contributed by atoms with E-state index in [0.717, 1.165) is 5.33 Å².